The molecular weight excluding hydrogens is 455 g/mol. The molecule has 1 amide bonds. The highest BCUT2D eigenvalue weighted by molar-refractivity contribution is 5.94. The maximum atomic E-state index is 13.1. The van der Waals surface area contributed by atoms with Crippen molar-refractivity contribution in [1.82, 2.24) is 20.2 Å². The summed E-state index contributed by atoms with van der Waals surface area (Å²) >= 11 is 0. The van der Waals surface area contributed by atoms with Gasteiger partial charge in [0, 0.05) is 38.2 Å². The Morgan fingerprint density at radius 1 is 0.943 bits per heavy atom. The Kier molecular flexibility index (Phi) is 10.8. The summed E-state index contributed by atoms with van der Waals surface area (Å²) in [6, 6.07) is 6.15. The molecule has 2 saturated heterocycles. The number of imidazole rings is 1. The number of halogens is 1. The van der Waals surface area contributed by atoms with Gasteiger partial charge in [-0.3, -0.25) is 14.4 Å². The van der Waals surface area contributed by atoms with Crippen LogP contribution in [0.2, 0.25) is 0 Å². The third-order valence-electron chi connectivity index (χ3n) is 6.08. The molecule has 1 aromatic carbocycles. The maximum Gasteiger partial charge on any atom is 0.300 e. The Hall–Kier alpha value is -3.27. The lowest BCUT2D eigenvalue weighted by Crippen LogP contribution is -2.42. The van der Waals surface area contributed by atoms with Crippen LogP contribution in [0.5, 0.6) is 0 Å². The molecular formula is C25H35FN4O5. The number of aromatic amines is 1. The standard InChI is InChI=1S/C21H27FN4O.2C2H4O2/c1-14-19(25-20(24-14)17-2-4-18(22)5-3-17)21(27)26-12-8-16(9-13-26)15-6-10-23-11-7-15;2*1-2(3)4/h2-5,15-16,23H,6-13H2,1H3,(H,24,25);2*1H3,(H,3,4). The molecule has 2 aliphatic heterocycles. The SMILES string of the molecule is CC(=O)O.CC(=O)O.Cc1[nH]c(-c2ccc(F)cc2)nc1C(=O)N1CCC(C2CCNCC2)CC1. The van der Waals surface area contributed by atoms with Gasteiger partial charge in [-0.15, -0.1) is 0 Å². The number of amides is 1. The van der Waals surface area contributed by atoms with E-state index in [4.69, 9.17) is 19.8 Å². The van der Waals surface area contributed by atoms with Gasteiger partial charge in [0.2, 0.25) is 0 Å². The molecule has 0 radical (unpaired) electrons. The lowest BCUT2D eigenvalue weighted by Gasteiger charge is -2.37. The summed E-state index contributed by atoms with van der Waals surface area (Å²) in [6.07, 6.45) is 4.70. The van der Waals surface area contributed by atoms with Gasteiger partial charge in [-0.05, 0) is 81.8 Å². The number of carboxylic acids is 2. The van der Waals surface area contributed by atoms with E-state index in [1.54, 1.807) is 12.1 Å². The number of hydrogen-bond donors (Lipinski definition) is 4. The summed E-state index contributed by atoms with van der Waals surface area (Å²) in [5.41, 5.74) is 2.03. The number of likely N-dealkylation sites (tertiary alicyclic amines) is 1. The Morgan fingerprint density at radius 3 is 1.94 bits per heavy atom. The van der Waals surface area contributed by atoms with Crippen LogP contribution in [0.15, 0.2) is 24.3 Å². The number of aliphatic carboxylic acids is 2. The van der Waals surface area contributed by atoms with Crippen LogP contribution in [0.1, 0.15) is 55.7 Å². The van der Waals surface area contributed by atoms with Crippen LogP contribution in [-0.2, 0) is 9.59 Å². The number of nitrogens with zero attached hydrogens (tertiary/aromatic N) is 2. The Balaban J connectivity index is 0.000000473. The molecule has 192 valence electrons. The van der Waals surface area contributed by atoms with Crippen LogP contribution in [-0.4, -0.2) is 69.1 Å². The highest BCUT2D eigenvalue weighted by Gasteiger charge is 2.30. The first-order chi connectivity index (χ1) is 16.6. The monoisotopic (exact) mass is 490 g/mol. The predicted molar refractivity (Wildman–Crippen MR) is 130 cm³/mol. The van der Waals surface area contributed by atoms with Gasteiger partial charge in [0.25, 0.3) is 17.8 Å². The van der Waals surface area contributed by atoms with Crippen molar-refractivity contribution in [3.63, 3.8) is 0 Å². The van der Waals surface area contributed by atoms with Crippen molar-refractivity contribution in [2.45, 2.75) is 46.5 Å². The predicted octanol–water partition coefficient (Wildman–Crippen LogP) is 3.56. The van der Waals surface area contributed by atoms with E-state index in [0.717, 1.165) is 76.0 Å². The second kappa shape index (κ2) is 13.6. The molecule has 35 heavy (non-hydrogen) atoms. The van der Waals surface area contributed by atoms with Crippen LogP contribution in [0, 0.1) is 24.6 Å². The molecule has 0 spiro atoms. The van der Waals surface area contributed by atoms with Gasteiger partial charge in [0.15, 0.2) is 0 Å². The smallest absolute Gasteiger partial charge is 0.300 e. The molecule has 4 rings (SSSR count). The number of carbonyl (C=O) groups excluding carboxylic acids is 1. The number of aromatic nitrogens is 2. The minimum Gasteiger partial charge on any atom is -0.481 e. The summed E-state index contributed by atoms with van der Waals surface area (Å²) in [4.78, 5) is 40.6. The first kappa shape index (κ1) is 28.0. The van der Waals surface area contributed by atoms with Crippen molar-refractivity contribution < 1.29 is 29.0 Å². The second-order valence-corrected chi connectivity index (χ2v) is 8.82. The molecule has 2 aliphatic rings. The molecule has 0 bridgehead atoms. The van der Waals surface area contributed by atoms with Gasteiger partial charge >= 0.3 is 0 Å². The van der Waals surface area contributed by atoms with E-state index in [1.807, 2.05) is 11.8 Å². The molecule has 0 saturated carbocycles. The number of rotatable bonds is 3. The van der Waals surface area contributed by atoms with Crippen molar-refractivity contribution in [2.75, 3.05) is 26.2 Å². The Bertz CT molecular complexity index is 958. The molecule has 10 heteroatoms. The molecule has 1 aromatic heterocycles. The summed E-state index contributed by atoms with van der Waals surface area (Å²) in [5, 5.41) is 18.3. The van der Waals surface area contributed by atoms with E-state index < -0.39 is 11.9 Å². The van der Waals surface area contributed by atoms with Crippen molar-refractivity contribution in [3.05, 3.63) is 41.5 Å². The fourth-order valence-electron chi connectivity index (χ4n) is 4.45. The van der Waals surface area contributed by atoms with E-state index in [-0.39, 0.29) is 11.7 Å². The number of H-pyrrole nitrogens is 1. The molecule has 0 unspecified atom stereocenters. The average molecular weight is 491 g/mol. The van der Waals surface area contributed by atoms with Gasteiger partial charge in [-0.25, -0.2) is 9.37 Å². The van der Waals surface area contributed by atoms with Crippen LogP contribution >= 0.6 is 0 Å². The van der Waals surface area contributed by atoms with E-state index in [2.05, 4.69) is 15.3 Å². The van der Waals surface area contributed by atoms with Crippen molar-refractivity contribution in [2.24, 2.45) is 11.8 Å². The summed E-state index contributed by atoms with van der Waals surface area (Å²) in [5.74, 6) is 0.211. The number of nitrogens with one attached hydrogen (secondary N) is 2. The van der Waals surface area contributed by atoms with E-state index in [9.17, 15) is 9.18 Å². The number of carboxylic acid groups (broad SMARTS) is 2. The van der Waals surface area contributed by atoms with Crippen LogP contribution in [0.25, 0.3) is 11.4 Å². The zero-order valence-corrected chi connectivity index (χ0v) is 20.5. The topological polar surface area (TPSA) is 136 Å². The molecule has 0 atom stereocenters. The first-order valence-corrected chi connectivity index (χ1v) is 11.8. The van der Waals surface area contributed by atoms with Gasteiger partial charge in [-0.1, -0.05) is 0 Å². The van der Waals surface area contributed by atoms with E-state index in [1.165, 1.54) is 25.0 Å². The maximum absolute atomic E-state index is 13.1. The molecule has 0 aliphatic carbocycles. The van der Waals surface area contributed by atoms with Gasteiger partial charge in [-0.2, -0.15) is 0 Å². The highest BCUT2D eigenvalue weighted by Crippen LogP contribution is 2.31. The van der Waals surface area contributed by atoms with Crippen molar-refractivity contribution in [1.29, 1.82) is 0 Å². The normalized spacial score (nSPS) is 16.4. The molecule has 2 aromatic rings. The van der Waals surface area contributed by atoms with E-state index >= 15 is 0 Å². The number of hydrogen-bond acceptors (Lipinski definition) is 5. The third kappa shape index (κ3) is 9.12. The van der Waals surface area contributed by atoms with Gasteiger partial charge < -0.3 is 25.4 Å². The number of benzene rings is 1. The van der Waals surface area contributed by atoms with Crippen molar-refractivity contribution >= 4 is 17.8 Å². The van der Waals surface area contributed by atoms with Crippen LogP contribution in [0.3, 0.4) is 0 Å². The number of carbonyl (C=O) groups is 3. The average Bonchev–Trinajstić information content (AvgIpc) is 3.20. The molecule has 9 nitrogen and oxygen atoms in total. The van der Waals surface area contributed by atoms with Gasteiger partial charge in [0.05, 0.1) is 0 Å². The number of aryl methyl sites for hydroxylation is 1. The summed E-state index contributed by atoms with van der Waals surface area (Å²) in [7, 11) is 0. The minimum absolute atomic E-state index is 0.000808. The minimum atomic E-state index is -0.833. The molecule has 2 fully saturated rings. The van der Waals surface area contributed by atoms with Crippen molar-refractivity contribution in [3.8, 4) is 11.4 Å². The quantitative estimate of drug-likeness (QED) is 0.517. The summed E-state index contributed by atoms with van der Waals surface area (Å²) < 4.78 is 13.1. The lowest BCUT2D eigenvalue weighted by molar-refractivity contribution is -0.135. The highest BCUT2D eigenvalue weighted by atomic mass is 19.1. The van der Waals surface area contributed by atoms with Crippen LogP contribution < -0.4 is 5.32 Å². The largest absolute Gasteiger partial charge is 0.481 e. The zero-order valence-electron chi connectivity index (χ0n) is 20.5. The molecule has 4 N–H and O–H groups in total. The molecule has 3 heterocycles. The van der Waals surface area contributed by atoms with E-state index in [0.29, 0.717) is 11.5 Å². The fourth-order valence-corrected chi connectivity index (χ4v) is 4.45. The summed E-state index contributed by atoms with van der Waals surface area (Å²) in [6.45, 7) is 7.91. The zero-order chi connectivity index (χ0) is 26.0. The van der Waals surface area contributed by atoms with Gasteiger partial charge in [0.1, 0.15) is 17.3 Å². The second-order valence-electron chi connectivity index (χ2n) is 8.82. The Labute approximate surface area is 204 Å². The number of piperidine rings is 2. The fraction of sp³-hybridized carbons (Fsp3) is 0.520. The Morgan fingerprint density at radius 2 is 1.43 bits per heavy atom. The lowest BCUT2D eigenvalue weighted by atomic mass is 9.79. The third-order valence-corrected chi connectivity index (χ3v) is 6.08. The first-order valence-electron chi connectivity index (χ1n) is 11.8. The van der Waals surface area contributed by atoms with Crippen LogP contribution in [0.4, 0.5) is 4.39 Å².